The number of aromatic nitrogens is 3. The number of para-hydroxylation sites is 1. The van der Waals surface area contributed by atoms with E-state index in [2.05, 4.69) is 31.7 Å². The van der Waals surface area contributed by atoms with Gasteiger partial charge >= 0.3 is 0 Å². The Labute approximate surface area is 163 Å². The van der Waals surface area contributed by atoms with Gasteiger partial charge in [-0.15, -0.1) is 0 Å². The van der Waals surface area contributed by atoms with Gasteiger partial charge in [-0.25, -0.2) is 0 Å². The van der Waals surface area contributed by atoms with Gasteiger partial charge in [0.15, 0.2) is 0 Å². The number of carbonyl (C=O) groups excluding carboxylic acids is 1. The van der Waals surface area contributed by atoms with Crippen LogP contribution in [0.2, 0.25) is 0 Å². The fourth-order valence-electron chi connectivity index (χ4n) is 3.11. The van der Waals surface area contributed by atoms with Crippen LogP contribution < -0.4 is 10.6 Å². The number of benzene rings is 1. The first-order valence-corrected chi connectivity index (χ1v) is 9.21. The number of aromatic amines is 1. The van der Waals surface area contributed by atoms with Gasteiger partial charge in [0.25, 0.3) is 5.91 Å². The Balaban J connectivity index is 1.33. The quantitative estimate of drug-likeness (QED) is 0.464. The van der Waals surface area contributed by atoms with Crippen molar-refractivity contribution >= 4 is 22.5 Å². The van der Waals surface area contributed by atoms with Crippen molar-refractivity contribution in [2.75, 3.05) is 11.9 Å². The minimum absolute atomic E-state index is 0.176. The summed E-state index contributed by atoms with van der Waals surface area (Å²) in [5.41, 5.74) is 4.62. The van der Waals surface area contributed by atoms with E-state index in [1.54, 1.807) is 18.5 Å². The Morgan fingerprint density at radius 2 is 2.00 bits per heavy atom. The molecule has 4 aromatic rings. The Hall–Kier alpha value is -3.67. The highest BCUT2D eigenvalue weighted by Gasteiger charge is 2.09. The van der Waals surface area contributed by atoms with Crippen LogP contribution >= 0.6 is 0 Å². The normalized spacial score (nSPS) is 10.7. The van der Waals surface area contributed by atoms with Crippen LogP contribution in [0, 0.1) is 0 Å². The highest BCUT2D eigenvalue weighted by Crippen LogP contribution is 2.17. The summed E-state index contributed by atoms with van der Waals surface area (Å²) in [5.74, 6) is -0.176. The van der Waals surface area contributed by atoms with Gasteiger partial charge in [-0.05, 0) is 41.8 Å². The number of pyridine rings is 2. The standard InChI is InChI=1S/C22H21N5O/c28-22(25-10-7-17-15-27-20-6-2-1-5-19(17)20)21-12-18(8-11-24-21)26-14-16-4-3-9-23-13-16/h1-6,8-9,11-13,15,27H,7,10,14H2,(H,24,26)(H,25,28). The van der Waals surface area contributed by atoms with E-state index in [-0.39, 0.29) is 5.91 Å². The van der Waals surface area contributed by atoms with Crippen molar-refractivity contribution in [1.82, 2.24) is 20.3 Å². The Morgan fingerprint density at radius 1 is 1.07 bits per heavy atom. The van der Waals surface area contributed by atoms with Crippen molar-refractivity contribution in [1.29, 1.82) is 0 Å². The third kappa shape index (κ3) is 4.17. The molecule has 0 aliphatic carbocycles. The average Bonchev–Trinajstić information content (AvgIpc) is 3.16. The SMILES string of the molecule is O=C(NCCc1c[nH]c2ccccc12)c1cc(NCc2cccnc2)ccn1. The largest absolute Gasteiger partial charge is 0.381 e. The van der Waals surface area contributed by atoms with Crippen LogP contribution in [0.1, 0.15) is 21.6 Å². The number of H-pyrrole nitrogens is 1. The van der Waals surface area contributed by atoms with Gasteiger partial charge in [0.2, 0.25) is 0 Å². The van der Waals surface area contributed by atoms with Crippen molar-refractivity contribution in [2.24, 2.45) is 0 Å². The maximum atomic E-state index is 12.4. The predicted octanol–water partition coefficient (Wildman–Crippen LogP) is 3.54. The molecule has 3 heterocycles. The second kappa shape index (κ2) is 8.35. The van der Waals surface area contributed by atoms with Crippen molar-refractivity contribution in [2.45, 2.75) is 13.0 Å². The molecule has 0 aliphatic heterocycles. The number of hydrogen-bond acceptors (Lipinski definition) is 4. The van der Waals surface area contributed by atoms with E-state index >= 15 is 0 Å². The van der Waals surface area contributed by atoms with Crippen LogP contribution in [0.3, 0.4) is 0 Å². The average molecular weight is 371 g/mol. The number of anilines is 1. The van der Waals surface area contributed by atoms with E-state index in [0.29, 0.717) is 18.8 Å². The fraction of sp³-hybridized carbons (Fsp3) is 0.136. The van der Waals surface area contributed by atoms with Crippen LogP contribution in [0.4, 0.5) is 5.69 Å². The lowest BCUT2D eigenvalue weighted by atomic mass is 10.1. The monoisotopic (exact) mass is 371 g/mol. The molecule has 1 amide bonds. The number of amides is 1. The zero-order chi connectivity index (χ0) is 19.2. The van der Waals surface area contributed by atoms with Crippen LogP contribution in [-0.4, -0.2) is 27.4 Å². The topological polar surface area (TPSA) is 82.7 Å². The minimum Gasteiger partial charge on any atom is -0.381 e. The van der Waals surface area contributed by atoms with Crippen molar-refractivity contribution < 1.29 is 4.79 Å². The molecule has 0 bridgehead atoms. The van der Waals surface area contributed by atoms with Gasteiger partial charge in [-0.3, -0.25) is 14.8 Å². The molecule has 3 aromatic heterocycles. The van der Waals surface area contributed by atoms with E-state index in [9.17, 15) is 4.79 Å². The summed E-state index contributed by atoms with van der Waals surface area (Å²) in [5, 5.41) is 7.43. The molecule has 3 N–H and O–H groups in total. The van der Waals surface area contributed by atoms with Crippen LogP contribution in [0.25, 0.3) is 10.9 Å². The van der Waals surface area contributed by atoms with Gasteiger partial charge in [0.1, 0.15) is 5.69 Å². The summed E-state index contributed by atoms with van der Waals surface area (Å²) < 4.78 is 0. The zero-order valence-electron chi connectivity index (χ0n) is 15.4. The van der Waals surface area contributed by atoms with E-state index in [0.717, 1.165) is 23.2 Å². The molecule has 0 fully saturated rings. The minimum atomic E-state index is -0.176. The summed E-state index contributed by atoms with van der Waals surface area (Å²) in [6.07, 6.45) is 7.95. The Morgan fingerprint density at radius 3 is 2.89 bits per heavy atom. The summed E-state index contributed by atoms with van der Waals surface area (Å²) in [6, 6.07) is 15.7. The molecule has 0 radical (unpaired) electrons. The van der Waals surface area contributed by atoms with Crippen molar-refractivity contribution in [3.63, 3.8) is 0 Å². The molecule has 0 aliphatic rings. The maximum absolute atomic E-state index is 12.4. The molecule has 0 saturated heterocycles. The lowest BCUT2D eigenvalue weighted by Gasteiger charge is -2.08. The van der Waals surface area contributed by atoms with Crippen LogP contribution in [0.5, 0.6) is 0 Å². The first-order valence-electron chi connectivity index (χ1n) is 9.21. The van der Waals surface area contributed by atoms with E-state index in [1.165, 1.54) is 10.9 Å². The number of hydrogen-bond donors (Lipinski definition) is 3. The summed E-state index contributed by atoms with van der Waals surface area (Å²) in [4.78, 5) is 24.0. The van der Waals surface area contributed by atoms with E-state index in [4.69, 9.17) is 0 Å². The van der Waals surface area contributed by atoms with Gasteiger partial charge in [0.05, 0.1) is 0 Å². The predicted molar refractivity (Wildman–Crippen MR) is 110 cm³/mol. The second-order valence-corrected chi connectivity index (χ2v) is 6.51. The molecule has 0 saturated carbocycles. The molecule has 28 heavy (non-hydrogen) atoms. The smallest absolute Gasteiger partial charge is 0.269 e. The molecular weight excluding hydrogens is 350 g/mol. The second-order valence-electron chi connectivity index (χ2n) is 6.51. The van der Waals surface area contributed by atoms with Gasteiger partial charge < -0.3 is 15.6 Å². The maximum Gasteiger partial charge on any atom is 0.269 e. The van der Waals surface area contributed by atoms with Gasteiger partial charge in [-0.1, -0.05) is 24.3 Å². The fourth-order valence-corrected chi connectivity index (χ4v) is 3.11. The lowest BCUT2D eigenvalue weighted by molar-refractivity contribution is 0.0949. The molecule has 6 heteroatoms. The number of fused-ring (bicyclic) bond motifs is 1. The molecule has 0 spiro atoms. The lowest BCUT2D eigenvalue weighted by Crippen LogP contribution is -2.26. The van der Waals surface area contributed by atoms with E-state index in [1.807, 2.05) is 48.8 Å². The zero-order valence-corrected chi connectivity index (χ0v) is 15.4. The highest BCUT2D eigenvalue weighted by molar-refractivity contribution is 5.93. The van der Waals surface area contributed by atoms with Gasteiger partial charge in [-0.2, -0.15) is 0 Å². The van der Waals surface area contributed by atoms with E-state index < -0.39 is 0 Å². The molecule has 0 atom stereocenters. The van der Waals surface area contributed by atoms with Crippen LogP contribution in [-0.2, 0) is 13.0 Å². The molecule has 1 aromatic carbocycles. The van der Waals surface area contributed by atoms with Crippen LogP contribution in [0.15, 0.2) is 73.3 Å². The third-order valence-electron chi connectivity index (χ3n) is 4.57. The van der Waals surface area contributed by atoms with Crippen molar-refractivity contribution in [3.05, 3.63) is 90.1 Å². The number of carbonyl (C=O) groups is 1. The first-order chi connectivity index (χ1) is 13.8. The van der Waals surface area contributed by atoms with Crippen molar-refractivity contribution in [3.8, 4) is 0 Å². The number of rotatable bonds is 7. The highest BCUT2D eigenvalue weighted by atomic mass is 16.1. The number of nitrogens with zero attached hydrogens (tertiary/aromatic N) is 2. The van der Waals surface area contributed by atoms with Gasteiger partial charge in [0, 0.05) is 54.5 Å². The first kappa shape index (κ1) is 17.7. The Bertz CT molecular complexity index is 1070. The molecular formula is C22H21N5O. The number of nitrogens with one attached hydrogen (secondary N) is 3. The summed E-state index contributed by atoms with van der Waals surface area (Å²) >= 11 is 0. The molecule has 6 nitrogen and oxygen atoms in total. The third-order valence-corrected chi connectivity index (χ3v) is 4.57. The molecule has 140 valence electrons. The summed E-state index contributed by atoms with van der Waals surface area (Å²) in [6.45, 7) is 1.19. The summed E-state index contributed by atoms with van der Waals surface area (Å²) in [7, 11) is 0. The molecule has 0 unspecified atom stereocenters. The molecule has 4 rings (SSSR count). The Kier molecular flexibility index (Phi) is 5.29.